The first-order valence-corrected chi connectivity index (χ1v) is 22.0. The van der Waals surface area contributed by atoms with Gasteiger partial charge in [0.05, 0.1) is 22.1 Å². The van der Waals surface area contributed by atoms with Crippen molar-refractivity contribution in [1.29, 1.82) is 0 Å². The zero-order valence-corrected chi connectivity index (χ0v) is 34.4. The van der Waals surface area contributed by atoms with Crippen molar-refractivity contribution in [2.45, 2.75) is 0 Å². The van der Waals surface area contributed by atoms with Crippen LogP contribution < -0.4 is 0 Å². The van der Waals surface area contributed by atoms with E-state index in [-0.39, 0.29) is 0 Å². The molecule has 0 aliphatic rings. The van der Waals surface area contributed by atoms with Crippen molar-refractivity contribution in [3.8, 4) is 39.9 Å². The van der Waals surface area contributed by atoms with Crippen molar-refractivity contribution in [1.82, 2.24) is 19.5 Å². The summed E-state index contributed by atoms with van der Waals surface area (Å²) in [4.78, 5) is 16.3. The van der Waals surface area contributed by atoms with E-state index in [0.29, 0.717) is 17.5 Å². The summed E-state index contributed by atoms with van der Waals surface area (Å²) in [6, 6.07) is 69.1. The van der Waals surface area contributed by atoms with E-state index in [1.165, 1.54) is 41.7 Å². The van der Waals surface area contributed by atoms with E-state index in [1.54, 1.807) is 0 Å². The molecular weight excluding hydrogens is 789 g/mol. The number of para-hydroxylation sites is 1. The van der Waals surface area contributed by atoms with Gasteiger partial charge in [0.25, 0.3) is 0 Å². The normalized spacial score (nSPS) is 12.1. The monoisotopic (exact) mass is 820 g/mol. The molecule has 0 saturated carbocycles. The Hall–Kier alpha value is -8.19. The molecule has 63 heavy (non-hydrogen) atoms. The van der Waals surface area contributed by atoms with Crippen LogP contribution in [0.2, 0.25) is 0 Å². The lowest BCUT2D eigenvalue weighted by molar-refractivity contribution is 0.669. The highest BCUT2D eigenvalue weighted by atomic mass is 32.1. The van der Waals surface area contributed by atoms with Crippen LogP contribution >= 0.6 is 11.3 Å². The molecule has 0 atom stereocenters. The Morgan fingerprint density at radius 2 is 0.984 bits per heavy atom. The van der Waals surface area contributed by atoms with Crippen molar-refractivity contribution >= 4 is 108 Å². The number of hydrogen-bond donors (Lipinski definition) is 0. The average molecular weight is 821 g/mol. The smallest absolute Gasteiger partial charge is 0.166 e. The van der Waals surface area contributed by atoms with Crippen molar-refractivity contribution in [2.75, 3.05) is 0 Å². The van der Waals surface area contributed by atoms with Crippen LogP contribution in [0.25, 0.3) is 136 Å². The van der Waals surface area contributed by atoms with Gasteiger partial charge in [0, 0.05) is 53.0 Å². The first kappa shape index (κ1) is 34.5. The Bertz CT molecular complexity index is 4230. The number of furan rings is 1. The van der Waals surface area contributed by atoms with Crippen LogP contribution in [0.5, 0.6) is 0 Å². The van der Waals surface area contributed by atoms with Crippen molar-refractivity contribution in [3.05, 3.63) is 194 Å². The Morgan fingerprint density at radius 3 is 1.81 bits per heavy atom. The number of nitrogens with zero attached hydrogens (tertiary/aromatic N) is 4. The minimum Gasteiger partial charge on any atom is -0.456 e. The second kappa shape index (κ2) is 13.2. The fourth-order valence-corrected chi connectivity index (χ4v) is 11.0. The van der Waals surface area contributed by atoms with Gasteiger partial charge in [-0.05, 0) is 99.0 Å². The summed E-state index contributed by atoms with van der Waals surface area (Å²) in [5, 5.41) is 13.7. The second-order valence-corrected chi connectivity index (χ2v) is 17.4. The molecule has 0 unspecified atom stereocenters. The Balaban J connectivity index is 1.14. The highest BCUT2D eigenvalue weighted by Gasteiger charge is 2.25. The molecule has 292 valence electrons. The highest BCUT2D eigenvalue weighted by molar-refractivity contribution is 7.25. The molecule has 14 aromatic rings. The maximum absolute atomic E-state index is 6.82. The molecule has 0 radical (unpaired) electrons. The van der Waals surface area contributed by atoms with Gasteiger partial charge in [-0.3, -0.25) is 0 Å². The summed E-state index contributed by atoms with van der Waals surface area (Å²) >= 11 is 1.81. The molecule has 0 fully saturated rings. The number of benzene rings is 10. The third-order valence-electron chi connectivity index (χ3n) is 12.8. The lowest BCUT2D eigenvalue weighted by Gasteiger charge is -2.16. The topological polar surface area (TPSA) is 56.7 Å². The van der Waals surface area contributed by atoms with Crippen LogP contribution in [0.4, 0.5) is 0 Å². The van der Waals surface area contributed by atoms with Crippen molar-refractivity contribution < 1.29 is 4.42 Å². The quantitative estimate of drug-likeness (QED) is 0.177. The van der Waals surface area contributed by atoms with E-state index in [4.69, 9.17) is 19.4 Å². The second-order valence-electron chi connectivity index (χ2n) is 16.3. The van der Waals surface area contributed by atoms with Gasteiger partial charge in [0.2, 0.25) is 0 Å². The summed E-state index contributed by atoms with van der Waals surface area (Å²) in [5.41, 5.74) is 7.53. The summed E-state index contributed by atoms with van der Waals surface area (Å²) in [5.74, 6) is 1.81. The van der Waals surface area contributed by atoms with Crippen LogP contribution in [0.1, 0.15) is 0 Å². The molecule has 4 heterocycles. The zero-order chi connectivity index (χ0) is 41.2. The minimum absolute atomic E-state index is 0.581. The van der Waals surface area contributed by atoms with E-state index < -0.39 is 0 Å². The number of aromatic nitrogens is 4. The van der Waals surface area contributed by atoms with Gasteiger partial charge in [-0.25, -0.2) is 15.0 Å². The van der Waals surface area contributed by atoms with E-state index in [1.807, 2.05) is 11.3 Å². The largest absolute Gasteiger partial charge is 0.456 e. The summed E-state index contributed by atoms with van der Waals surface area (Å²) in [7, 11) is 0. The Labute approximate surface area is 363 Å². The van der Waals surface area contributed by atoms with Gasteiger partial charge in [-0.2, -0.15) is 0 Å². The SMILES string of the molecule is c1ccc2cc3c(cc2c1)oc1ccc(-c2nc(-c4ccc5sc6ccccc6c5c4)nc(-c4cccc5ccccc45)n2)c(-n2c4ccccc4c4cc5ccccc5cc42)c13. The predicted molar refractivity (Wildman–Crippen MR) is 263 cm³/mol. The fourth-order valence-electron chi connectivity index (χ4n) is 9.88. The number of fused-ring (bicyclic) bond motifs is 12. The molecule has 5 nitrogen and oxygen atoms in total. The molecule has 10 aromatic carbocycles. The molecule has 0 spiro atoms. The predicted octanol–water partition coefficient (Wildman–Crippen LogP) is 15.7. The summed E-state index contributed by atoms with van der Waals surface area (Å²) < 4.78 is 11.7. The Kier molecular flexibility index (Phi) is 7.21. The van der Waals surface area contributed by atoms with Gasteiger partial charge >= 0.3 is 0 Å². The van der Waals surface area contributed by atoms with Gasteiger partial charge in [-0.15, -0.1) is 11.3 Å². The van der Waals surface area contributed by atoms with E-state index in [2.05, 4.69) is 199 Å². The maximum Gasteiger partial charge on any atom is 0.166 e. The first-order chi connectivity index (χ1) is 31.2. The lowest BCUT2D eigenvalue weighted by atomic mass is 10.0. The summed E-state index contributed by atoms with van der Waals surface area (Å²) in [6.07, 6.45) is 0. The van der Waals surface area contributed by atoms with E-state index in [9.17, 15) is 0 Å². The minimum atomic E-state index is 0.581. The molecule has 0 N–H and O–H groups in total. The number of hydrogen-bond acceptors (Lipinski definition) is 5. The van der Waals surface area contributed by atoms with Crippen LogP contribution in [-0.2, 0) is 0 Å². The standard InChI is InChI=1S/C57H32N4OS/c1-3-15-36-31-48-44(28-34(36)13-1)40-19-7-9-22-47(40)61(48)54-43(25-26-49-53(54)46-29-35-14-2-4-16-37(35)32-50(46)62-49)57-59-55(38-24-27-52-45(30-38)41-20-8-10-23-51(41)63-52)58-56(60-57)42-21-11-17-33-12-5-6-18-39(33)42/h1-32H. The van der Waals surface area contributed by atoms with Gasteiger partial charge in [0.1, 0.15) is 11.2 Å². The maximum atomic E-state index is 6.82. The molecule has 0 bridgehead atoms. The van der Waals surface area contributed by atoms with Crippen LogP contribution in [0, 0.1) is 0 Å². The third-order valence-corrected chi connectivity index (χ3v) is 13.9. The molecule has 0 aliphatic carbocycles. The fraction of sp³-hybridized carbons (Fsp3) is 0. The highest BCUT2D eigenvalue weighted by Crippen LogP contribution is 2.45. The molecule has 0 saturated heterocycles. The van der Waals surface area contributed by atoms with Gasteiger partial charge in [0.15, 0.2) is 17.5 Å². The molecule has 6 heteroatoms. The Morgan fingerprint density at radius 1 is 0.365 bits per heavy atom. The molecule has 4 aromatic heterocycles. The molecule has 0 amide bonds. The average Bonchev–Trinajstić information content (AvgIpc) is 4.00. The van der Waals surface area contributed by atoms with Crippen LogP contribution in [0.3, 0.4) is 0 Å². The van der Waals surface area contributed by atoms with Crippen molar-refractivity contribution in [3.63, 3.8) is 0 Å². The third kappa shape index (κ3) is 5.19. The number of rotatable bonds is 4. The van der Waals surface area contributed by atoms with Crippen LogP contribution in [0.15, 0.2) is 199 Å². The first-order valence-electron chi connectivity index (χ1n) is 21.2. The van der Waals surface area contributed by atoms with Gasteiger partial charge in [-0.1, -0.05) is 127 Å². The molecule has 14 rings (SSSR count). The van der Waals surface area contributed by atoms with Gasteiger partial charge < -0.3 is 8.98 Å². The molecular formula is C57H32N4OS. The number of thiophene rings is 1. The van der Waals surface area contributed by atoms with E-state index >= 15 is 0 Å². The lowest BCUT2D eigenvalue weighted by Crippen LogP contribution is -2.04. The molecule has 0 aliphatic heterocycles. The van der Waals surface area contributed by atoms with Crippen LogP contribution in [-0.4, -0.2) is 19.5 Å². The zero-order valence-electron chi connectivity index (χ0n) is 33.6. The van der Waals surface area contributed by atoms with E-state index in [0.717, 1.165) is 76.9 Å². The van der Waals surface area contributed by atoms with Crippen molar-refractivity contribution in [2.24, 2.45) is 0 Å². The summed E-state index contributed by atoms with van der Waals surface area (Å²) in [6.45, 7) is 0.